The summed E-state index contributed by atoms with van der Waals surface area (Å²) < 4.78 is 1.87. The van der Waals surface area contributed by atoms with Crippen molar-refractivity contribution >= 4 is 17.1 Å². The summed E-state index contributed by atoms with van der Waals surface area (Å²) in [6, 6.07) is 14.3. The van der Waals surface area contributed by atoms with Crippen LogP contribution in [0.2, 0.25) is 0 Å². The highest BCUT2D eigenvalue weighted by molar-refractivity contribution is 5.99. The summed E-state index contributed by atoms with van der Waals surface area (Å²) in [6.07, 6.45) is 2.73. The van der Waals surface area contributed by atoms with Crippen LogP contribution in [0.3, 0.4) is 0 Å². The van der Waals surface area contributed by atoms with E-state index in [1.54, 1.807) is 0 Å². The van der Waals surface area contributed by atoms with E-state index in [1.165, 1.54) is 0 Å². The molecule has 0 amide bonds. The van der Waals surface area contributed by atoms with Gasteiger partial charge in [-0.3, -0.25) is 9.48 Å². The molecule has 0 saturated carbocycles. The van der Waals surface area contributed by atoms with Crippen molar-refractivity contribution < 1.29 is 4.79 Å². The highest BCUT2D eigenvalue weighted by atomic mass is 16.1. The molecule has 3 rings (SSSR count). The van der Waals surface area contributed by atoms with Crippen molar-refractivity contribution in [2.24, 2.45) is 5.92 Å². The van der Waals surface area contributed by atoms with Gasteiger partial charge in [0.25, 0.3) is 0 Å². The van der Waals surface area contributed by atoms with Gasteiger partial charge in [0, 0.05) is 18.3 Å². The molecule has 0 spiro atoms. The van der Waals surface area contributed by atoms with Gasteiger partial charge in [-0.05, 0) is 16.7 Å². The van der Waals surface area contributed by atoms with Crippen LogP contribution in [0, 0.1) is 5.92 Å². The van der Waals surface area contributed by atoms with Crippen LogP contribution in [0.4, 0.5) is 0 Å². The Kier molecular flexibility index (Phi) is 3.57. The maximum absolute atomic E-state index is 11.4. The summed E-state index contributed by atoms with van der Waals surface area (Å²) in [5.41, 5.74) is 2.42. The molecule has 0 N–H and O–H groups in total. The van der Waals surface area contributed by atoms with Crippen molar-refractivity contribution in [1.82, 2.24) is 9.78 Å². The van der Waals surface area contributed by atoms with E-state index in [9.17, 15) is 4.79 Å². The molecule has 3 heteroatoms. The van der Waals surface area contributed by atoms with Gasteiger partial charge in [0.05, 0.1) is 5.56 Å². The Labute approximate surface area is 124 Å². The number of aromatic nitrogens is 2. The summed E-state index contributed by atoms with van der Waals surface area (Å²) >= 11 is 0. The van der Waals surface area contributed by atoms with E-state index in [4.69, 9.17) is 0 Å². The van der Waals surface area contributed by atoms with Gasteiger partial charge in [-0.2, -0.15) is 5.10 Å². The molecule has 0 atom stereocenters. The van der Waals surface area contributed by atoms with E-state index >= 15 is 0 Å². The lowest BCUT2D eigenvalue weighted by Crippen LogP contribution is -2.04. The lowest BCUT2D eigenvalue weighted by atomic mass is 10.0. The second-order valence-corrected chi connectivity index (χ2v) is 5.69. The Hall–Kier alpha value is -2.42. The quantitative estimate of drug-likeness (QED) is 0.671. The van der Waals surface area contributed by atoms with Crippen molar-refractivity contribution in [3.63, 3.8) is 0 Å². The average molecular weight is 278 g/mol. The number of aldehydes is 1. The van der Waals surface area contributed by atoms with Gasteiger partial charge in [-0.25, -0.2) is 0 Å². The number of hydrogen-bond acceptors (Lipinski definition) is 2. The highest BCUT2D eigenvalue weighted by Gasteiger charge is 2.13. The minimum atomic E-state index is 0.491. The minimum Gasteiger partial charge on any atom is -0.298 e. The first kappa shape index (κ1) is 13.6. The molecular formula is C18H18N2O. The van der Waals surface area contributed by atoms with E-state index in [1.807, 2.05) is 35.1 Å². The standard InChI is InChI=1S/C18H18N2O/c1-13(2)10-20-11-15(12-21)18(19-20)17-9-5-7-14-6-3-4-8-16(14)17/h3-9,11-13H,10H2,1-2H3. The monoisotopic (exact) mass is 278 g/mol. The molecule has 2 aromatic carbocycles. The van der Waals surface area contributed by atoms with Crippen molar-refractivity contribution in [1.29, 1.82) is 0 Å². The van der Waals surface area contributed by atoms with Crippen molar-refractivity contribution in [3.05, 3.63) is 54.2 Å². The van der Waals surface area contributed by atoms with Gasteiger partial charge in [-0.15, -0.1) is 0 Å². The summed E-state index contributed by atoms with van der Waals surface area (Å²) in [5, 5.41) is 6.91. The fraction of sp³-hybridized carbons (Fsp3) is 0.222. The normalized spacial score (nSPS) is 11.2. The summed E-state index contributed by atoms with van der Waals surface area (Å²) in [6.45, 7) is 5.09. The van der Waals surface area contributed by atoms with Crippen LogP contribution >= 0.6 is 0 Å². The molecule has 0 aliphatic rings. The zero-order valence-corrected chi connectivity index (χ0v) is 12.3. The van der Waals surface area contributed by atoms with Gasteiger partial charge in [-0.1, -0.05) is 56.3 Å². The van der Waals surface area contributed by atoms with Gasteiger partial charge in [0.1, 0.15) is 5.69 Å². The third kappa shape index (κ3) is 2.59. The first-order valence-electron chi connectivity index (χ1n) is 7.20. The van der Waals surface area contributed by atoms with E-state index < -0.39 is 0 Å². The van der Waals surface area contributed by atoms with Crippen LogP contribution in [0.15, 0.2) is 48.7 Å². The number of benzene rings is 2. The number of rotatable bonds is 4. The molecule has 21 heavy (non-hydrogen) atoms. The number of nitrogens with zero attached hydrogens (tertiary/aromatic N) is 2. The molecule has 3 nitrogen and oxygen atoms in total. The molecule has 1 heterocycles. The van der Waals surface area contributed by atoms with Crippen molar-refractivity contribution in [2.45, 2.75) is 20.4 Å². The van der Waals surface area contributed by atoms with Crippen LogP contribution in [0.1, 0.15) is 24.2 Å². The average Bonchev–Trinajstić information content (AvgIpc) is 2.88. The molecule has 0 saturated heterocycles. The number of carbonyl (C=O) groups is 1. The summed E-state index contributed by atoms with van der Waals surface area (Å²) in [4.78, 5) is 11.4. The number of hydrogen-bond donors (Lipinski definition) is 0. The van der Waals surface area contributed by atoms with Gasteiger partial charge in [0.15, 0.2) is 6.29 Å². The smallest absolute Gasteiger partial charge is 0.153 e. The predicted molar refractivity (Wildman–Crippen MR) is 85.4 cm³/mol. The van der Waals surface area contributed by atoms with Gasteiger partial charge in [0.2, 0.25) is 0 Å². The third-order valence-electron chi connectivity index (χ3n) is 3.51. The van der Waals surface area contributed by atoms with Crippen LogP contribution in [0.5, 0.6) is 0 Å². The molecule has 0 fully saturated rings. The molecule has 0 aliphatic heterocycles. The van der Waals surface area contributed by atoms with Crippen molar-refractivity contribution in [3.8, 4) is 11.3 Å². The number of carbonyl (C=O) groups excluding carboxylic acids is 1. The Morgan fingerprint density at radius 1 is 1.14 bits per heavy atom. The first-order chi connectivity index (χ1) is 10.2. The highest BCUT2D eigenvalue weighted by Crippen LogP contribution is 2.29. The second kappa shape index (κ2) is 5.52. The van der Waals surface area contributed by atoms with Crippen LogP contribution in [-0.4, -0.2) is 16.1 Å². The summed E-state index contributed by atoms with van der Waals surface area (Å²) in [7, 11) is 0. The maximum atomic E-state index is 11.4. The van der Waals surface area contributed by atoms with Crippen molar-refractivity contribution in [2.75, 3.05) is 0 Å². The van der Waals surface area contributed by atoms with E-state index in [0.29, 0.717) is 11.5 Å². The zero-order valence-electron chi connectivity index (χ0n) is 12.3. The number of fused-ring (bicyclic) bond motifs is 1. The van der Waals surface area contributed by atoms with Gasteiger partial charge < -0.3 is 0 Å². The lowest BCUT2D eigenvalue weighted by Gasteiger charge is -2.05. The second-order valence-electron chi connectivity index (χ2n) is 5.69. The Morgan fingerprint density at radius 3 is 2.67 bits per heavy atom. The molecule has 3 aromatic rings. The lowest BCUT2D eigenvalue weighted by molar-refractivity contribution is 0.112. The van der Waals surface area contributed by atoms with Crippen LogP contribution in [0.25, 0.3) is 22.0 Å². The van der Waals surface area contributed by atoms with E-state index in [0.717, 1.165) is 34.9 Å². The van der Waals surface area contributed by atoms with Crippen LogP contribution < -0.4 is 0 Å². The van der Waals surface area contributed by atoms with Gasteiger partial charge >= 0.3 is 0 Å². The zero-order chi connectivity index (χ0) is 14.8. The Balaban J connectivity index is 2.18. The molecule has 0 bridgehead atoms. The molecule has 0 unspecified atom stereocenters. The molecule has 0 aliphatic carbocycles. The third-order valence-corrected chi connectivity index (χ3v) is 3.51. The Bertz CT molecular complexity index is 782. The SMILES string of the molecule is CC(C)Cn1cc(C=O)c(-c2cccc3ccccc23)n1. The van der Waals surface area contributed by atoms with E-state index in [-0.39, 0.29) is 0 Å². The molecule has 106 valence electrons. The first-order valence-corrected chi connectivity index (χ1v) is 7.20. The predicted octanol–water partition coefficient (Wildman–Crippen LogP) is 4.17. The van der Waals surface area contributed by atoms with E-state index in [2.05, 4.69) is 37.1 Å². The summed E-state index contributed by atoms with van der Waals surface area (Å²) in [5.74, 6) is 0.491. The fourth-order valence-electron chi connectivity index (χ4n) is 2.63. The molecular weight excluding hydrogens is 260 g/mol. The van der Waals surface area contributed by atoms with Crippen LogP contribution in [-0.2, 0) is 6.54 Å². The topological polar surface area (TPSA) is 34.9 Å². The fourth-order valence-corrected chi connectivity index (χ4v) is 2.63. The maximum Gasteiger partial charge on any atom is 0.153 e. The molecule has 0 radical (unpaired) electrons. The minimum absolute atomic E-state index is 0.491. The molecule has 1 aromatic heterocycles. The largest absolute Gasteiger partial charge is 0.298 e. The Morgan fingerprint density at radius 2 is 1.90 bits per heavy atom.